The highest BCUT2D eigenvalue weighted by molar-refractivity contribution is 5.99. The van der Waals surface area contributed by atoms with E-state index in [1.807, 2.05) is 19.9 Å². The van der Waals surface area contributed by atoms with Crippen molar-refractivity contribution in [1.29, 1.82) is 0 Å². The molecule has 0 fully saturated rings. The molecule has 30 heavy (non-hydrogen) atoms. The normalized spacial score (nSPS) is 11.4. The zero-order valence-electron chi connectivity index (χ0n) is 17.9. The van der Waals surface area contributed by atoms with Gasteiger partial charge in [-0.05, 0) is 44.4 Å². The number of esters is 1. The van der Waals surface area contributed by atoms with Crippen LogP contribution in [-0.2, 0) is 22.6 Å². The highest BCUT2D eigenvalue weighted by atomic mass is 16.5. The zero-order valence-corrected chi connectivity index (χ0v) is 17.9. The van der Waals surface area contributed by atoms with Gasteiger partial charge in [0.15, 0.2) is 12.2 Å². The number of nitrogens with zero attached hydrogens (tertiary/aromatic N) is 2. The molecule has 0 aliphatic carbocycles. The Labute approximate surface area is 175 Å². The lowest BCUT2D eigenvalue weighted by Crippen LogP contribution is -2.19. The van der Waals surface area contributed by atoms with Crippen molar-refractivity contribution >= 4 is 22.9 Å². The molecule has 0 atom stereocenters. The van der Waals surface area contributed by atoms with Gasteiger partial charge in [0, 0.05) is 30.0 Å². The lowest BCUT2D eigenvalue weighted by Gasteiger charge is -2.11. The molecule has 7 nitrogen and oxygen atoms in total. The van der Waals surface area contributed by atoms with Crippen molar-refractivity contribution in [3.8, 4) is 0 Å². The molecule has 160 valence electrons. The number of aryl methyl sites for hydroxylation is 2. The third-order valence-corrected chi connectivity index (χ3v) is 5.28. The summed E-state index contributed by atoms with van der Waals surface area (Å²) in [6.07, 6.45) is 1.01. The smallest absolute Gasteiger partial charge is 0.419 e. The molecule has 0 aliphatic rings. The summed E-state index contributed by atoms with van der Waals surface area (Å²) >= 11 is 0. The molecule has 0 N–H and O–H groups in total. The molecule has 0 spiro atoms. The average molecular weight is 412 g/mol. The van der Waals surface area contributed by atoms with Crippen LogP contribution in [0, 0.1) is 19.8 Å². The predicted octanol–water partition coefficient (Wildman–Crippen LogP) is 3.88. The highest BCUT2D eigenvalue weighted by Crippen LogP contribution is 2.18. The second kappa shape index (κ2) is 9.15. The van der Waals surface area contributed by atoms with Gasteiger partial charge in [0.2, 0.25) is 5.78 Å². The summed E-state index contributed by atoms with van der Waals surface area (Å²) in [5.41, 5.74) is 3.60. The third kappa shape index (κ3) is 4.72. The SMILES string of the molecule is Cc1cc(C(=O)COC(=O)CCn2c(=O)oc3ccccc32)c(C)n1CCC(C)C. The van der Waals surface area contributed by atoms with Gasteiger partial charge in [0.1, 0.15) is 0 Å². The highest BCUT2D eigenvalue weighted by Gasteiger charge is 2.18. The number of benzene rings is 1. The van der Waals surface area contributed by atoms with Crippen LogP contribution < -0.4 is 5.76 Å². The molecule has 2 heterocycles. The van der Waals surface area contributed by atoms with E-state index < -0.39 is 11.7 Å². The number of hydrogen-bond acceptors (Lipinski definition) is 5. The van der Waals surface area contributed by atoms with E-state index in [-0.39, 0.29) is 25.4 Å². The summed E-state index contributed by atoms with van der Waals surface area (Å²) < 4.78 is 13.8. The first kappa shape index (κ1) is 21.6. The maximum Gasteiger partial charge on any atom is 0.419 e. The zero-order chi connectivity index (χ0) is 21.8. The Morgan fingerprint density at radius 3 is 2.57 bits per heavy atom. The minimum absolute atomic E-state index is 0.0237. The first-order chi connectivity index (χ1) is 14.3. The molecule has 0 bridgehead atoms. The van der Waals surface area contributed by atoms with Gasteiger partial charge in [-0.25, -0.2) is 4.79 Å². The number of ketones is 1. The van der Waals surface area contributed by atoms with Crippen LogP contribution in [0.15, 0.2) is 39.5 Å². The Morgan fingerprint density at radius 1 is 1.10 bits per heavy atom. The van der Waals surface area contributed by atoms with E-state index >= 15 is 0 Å². The van der Waals surface area contributed by atoms with E-state index in [4.69, 9.17) is 9.15 Å². The summed E-state index contributed by atoms with van der Waals surface area (Å²) in [7, 11) is 0. The van der Waals surface area contributed by atoms with Crippen LogP contribution in [0.1, 0.15) is 48.4 Å². The van der Waals surface area contributed by atoms with Crippen LogP contribution in [0.3, 0.4) is 0 Å². The van der Waals surface area contributed by atoms with Crippen LogP contribution in [-0.4, -0.2) is 27.5 Å². The molecule has 2 aromatic heterocycles. The molecule has 3 aromatic rings. The van der Waals surface area contributed by atoms with Crippen molar-refractivity contribution < 1.29 is 18.7 Å². The van der Waals surface area contributed by atoms with Crippen LogP contribution in [0.4, 0.5) is 0 Å². The van der Waals surface area contributed by atoms with E-state index in [0.29, 0.717) is 22.6 Å². The first-order valence-corrected chi connectivity index (χ1v) is 10.2. The Morgan fingerprint density at radius 2 is 1.83 bits per heavy atom. The van der Waals surface area contributed by atoms with Gasteiger partial charge < -0.3 is 13.7 Å². The quantitative estimate of drug-likeness (QED) is 0.393. The molecule has 0 radical (unpaired) electrons. The monoisotopic (exact) mass is 412 g/mol. The number of oxazole rings is 1. The number of ether oxygens (including phenoxy) is 1. The largest absolute Gasteiger partial charge is 0.457 e. The molecule has 0 saturated carbocycles. The second-order valence-corrected chi connectivity index (χ2v) is 7.94. The Kier molecular flexibility index (Phi) is 6.59. The minimum atomic E-state index is -0.533. The summed E-state index contributed by atoms with van der Waals surface area (Å²) in [4.78, 5) is 36.7. The fourth-order valence-electron chi connectivity index (χ4n) is 3.54. The van der Waals surface area contributed by atoms with Crippen molar-refractivity contribution in [1.82, 2.24) is 9.13 Å². The van der Waals surface area contributed by atoms with Crippen molar-refractivity contribution in [2.24, 2.45) is 5.92 Å². The lowest BCUT2D eigenvalue weighted by atomic mass is 10.1. The number of aromatic nitrogens is 2. The number of hydrogen-bond donors (Lipinski definition) is 0. The standard InChI is InChI=1S/C23H28N2O5/c1-15(2)9-11-24-16(3)13-18(17(24)4)20(26)14-29-22(27)10-12-25-19-7-5-6-8-21(19)30-23(25)28/h5-8,13,15H,9-12,14H2,1-4H3. The number of carbonyl (C=O) groups is 2. The fourth-order valence-corrected chi connectivity index (χ4v) is 3.54. The molecule has 1 aromatic carbocycles. The molecule has 3 rings (SSSR count). The van der Waals surface area contributed by atoms with Gasteiger partial charge in [-0.2, -0.15) is 0 Å². The van der Waals surface area contributed by atoms with E-state index in [2.05, 4.69) is 18.4 Å². The van der Waals surface area contributed by atoms with Gasteiger partial charge in [0.05, 0.1) is 11.9 Å². The van der Waals surface area contributed by atoms with Crippen molar-refractivity contribution in [3.63, 3.8) is 0 Å². The van der Waals surface area contributed by atoms with Gasteiger partial charge in [0.25, 0.3) is 0 Å². The number of para-hydroxylation sites is 2. The summed E-state index contributed by atoms with van der Waals surface area (Å²) in [5, 5.41) is 0. The molecular formula is C23H28N2O5. The topological polar surface area (TPSA) is 83.4 Å². The van der Waals surface area contributed by atoms with E-state index in [0.717, 1.165) is 24.4 Å². The van der Waals surface area contributed by atoms with Gasteiger partial charge in [-0.1, -0.05) is 26.0 Å². The Balaban J connectivity index is 1.57. The molecule has 0 saturated heterocycles. The summed E-state index contributed by atoms with van der Waals surface area (Å²) in [5.74, 6) is -0.701. The third-order valence-electron chi connectivity index (χ3n) is 5.28. The Hall–Kier alpha value is -3.09. The number of carbonyl (C=O) groups excluding carboxylic acids is 2. The summed E-state index contributed by atoms with van der Waals surface area (Å²) in [6, 6.07) is 8.87. The van der Waals surface area contributed by atoms with Gasteiger partial charge >= 0.3 is 11.7 Å². The van der Waals surface area contributed by atoms with Crippen LogP contribution in [0.5, 0.6) is 0 Å². The van der Waals surface area contributed by atoms with E-state index in [1.165, 1.54) is 4.57 Å². The maximum absolute atomic E-state index is 12.6. The number of Topliss-reactive ketones (excluding diaryl/α,β-unsaturated/α-hetero) is 1. The van der Waals surface area contributed by atoms with Gasteiger partial charge in [-0.15, -0.1) is 0 Å². The van der Waals surface area contributed by atoms with Crippen LogP contribution in [0.2, 0.25) is 0 Å². The molecular weight excluding hydrogens is 384 g/mol. The molecule has 0 aliphatic heterocycles. The maximum atomic E-state index is 12.6. The van der Waals surface area contributed by atoms with Gasteiger partial charge in [-0.3, -0.25) is 14.2 Å². The van der Waals surface area contributed by atoms with E-state index in [9.17, 15) is 14.4 Å². The van der Waals surface area contributed by atoms with Crippen LogP contribution >= 0.6 is 0 Å². The number of rotatable bonds is 9. The fraction of sp³-hybridized carbons (Fsp3) is 0.435. The predicted molar refractivity (Wildman–Crippen MR) is 114 cm³/mol. The van der Waals surface area contributed by atoms with Crippen molar-refractivity contribution in [2.45, 2.75) is 53.6 Å². The average Bonchev–Trinajstić information content (AvgIpc) is 3.17. The van der Waals surface area contributed by atoms with Crippen LogP contribution in [0.25, 0.3) is 11.1 Å². The van der Waals surface area contributed by atoms with Crippen molar-refractivity contribution in [2.75, 3.05) is 6.61 Å². The minimum Gasteiger partial charge on any atom is -0.457 e. The first-order valence-electron chi connectivity index (χ1n) is 10.2. The number of fused-ring (bicyclic) bond motifs is 1. The van der Waals surface area contributed by atoms with E-state index in [1.54, 1.807) is 24.3 Å². The van der Waals surface area contributed by atoms with Crippen molar-refractivity contribution in [3.05, 3.63) is 57.8 Å². The molecule has 7 heteroatoms. The second-order valence-electron chi connectivity index (χ2n) is 7.94. The molecule has 0 amide bonds. The molecule has 0 unspecified atom stereocenters. The lowest BCUT2D eigenvalue weighted by molar-refractivity contribution is -0.142. The Bertz CT molecular complexity index is 1120. The summed E-state index contributed by atoms with van der Waals surface area (Å²) in [6.45, 7) is 8.90.